The van der Waals surface area contributed by atoms with Gasteiger partial charge in [-0.15, -0.1) is 0 Å². The van der Waals surface area contributed by atoms with Crippen LogP contribution >= 0.6 is 27.5 Å². The molecule has 1 rings (SSSR count). The molecule has 0 heterocycles. The van der Waals surface area contributed by atoms with Gasteiger partial charge in [-0.3, -0.25) is 9.59 Å². The van der Waals surface area contributed by atoms with Crippen molar-refractivity contribution in [3.63, 3.8) is 0 Å². The van der Waals surface area contributed by atoms with Crippen LogP contribution in [0, 0.1) is 11.3 Å². The van der Waals surface area contributed by atoms with Crippen LogP contribution in [0.25, 0.3) is 0 Å². The maximum absolute atomic E-state index is 12.1. The minimum absolute atomic E-state index is 0.0928. The fraction of sp³-hybridized carbons (Fsp3) is 0.467. The van der Waals surface area contributed by atoms with Crippen LogP contribution in [0.15, 0.2) is 22.7 Å². The van der Waals surface area contributed by atoms with Crippen LogP contribution in [-0.2, 0) is 4.79 Å². The highest BCUT2D eigenvalue weighted by molar-refractivity contribution is 9.10. The van der Waals surface area contributed by atoms with Gasteiger partial charge in [-0.25, -0.2) is 0 Å². The molecule has 116 valence electrons. The molecule has 2 N–H and O–H groups in total. The summed E-state index contributed by atoms with van der Waals surface area (Å²) in [4.78, 5) is 23.3. The third-order valence-corrected chi connectivity index (χ3v) is 3.52. The Balaban J connectivity index is 2.71. The third-order valence-electron chi connectivity index (χ3n) is 2.84. The fourth-order valence-corrected chi connectivity index (χ4v) is 2.85. The molecule has 0 saturated heterocycles. The second-order valence-corrected chi connectivity index (χ2v) is 7.52. The summed E-state index contributed by atoms with van der Waals surface area (Å²) >= 11 is 9.16. The molecule has 0 aliphatic rings. The Bertz CT molecular complexity index is 520. The quantitative estimate of drug-likeness (QED) is 0.817. The molecule has 6 heteroatoms. The molecule has 1 aromatic carbocycles. The highest BCUT2D eigenvalue weighted by atomic mass is 79.9. The van der Waals surface area contributed by atoms with Crippen molar-refractivity contribution in [2.45, 2.75) is 27.2 Å². The molecular formula is C15H19BrClNO3. The van der Waals surface area contributed by atoms with Gasteiger partial charge < -0.3 is 10.4 Å². The number of hydrogen-bond acceptors (Lipinski definition) is 2. The van der Waals surface area contributed by atoms with Crippen molar-refractivity contribution in [2.75, 3.05) is 6.54 Å². The first-order valence-corrected chi connectivity index (χ1v) is 7.73. The minimum Gasteiger partial charge on any atom is -0.481 e. The van der Waals surface area contributed by atoms with Gasteiger partial charge in [-0.05, 0) is 30.0 Å². The number of rotatable bonds is 5. The Morgan fingerprint density at radius 2 is 1.95 bits per heavy atom. The minimum atomic E-state index is -0.905. The monoisotopic (exact) mass is 375 g/mol. The number of amides is 1. The van der Waals surface area contributed by atoms with E-state index in [2.05, 4.69) is 21.2 Å². The van der Waals surface area contributed by atoms with E-state index in [4.69, 9.17) is 11.6 Å². The van der Waals surface area contributed by atoms with Crippen LogP contribution in [0.5, 0.6) is 0 Å². The third kappa shape index (κ3) is 6.48. The average molecular weight is 377 g/mol. The van der Waals surface area contributed by atoms with Gasteiger partial charge in [0.05, 0.1) is 5.92 Å². The number of halogens is 2. The Kier molecular flexibility index (Phi) is 6.23. The van der Waals surface area contributed by atoms with Crippen molar-refractivity contribution >= 4 is 39.4 Å². The van der Waals surface area contributed by atoms with E-state index in [0.29, 0.717) is 21.5 Å². The molecule has 0 radical (unpaired) electrons. The van der Waals surface area contributed by atoms with Crippen molar-refractivity contribution in [1.29, 1.82) is 0 Å². The molecule has 1 atom stereocenters. The molecule has 0 aromatic heterocycles. The van der Waals surface area contributed by atoms with Crippen LogP contribution < -0.4 is 5.32 Å². The van der Waals surface area contributed by atoms with Gasteiger partial charge >= 0.3 is 5.97 Å². The zero-order chi connectivity index (χ0) is 16.2. The number of carboxylic acids is 1. The summed E-state index contributed by atoms with van der Waals surface area (Å²) in [5, 5.41) is 12.3. The molecular weight excluding hydrogens is 358 g/mol. The first-order chi connectivity index (χ1) is 9.58. The molecule has 0 bridgehead atoms. The largest absolute Gasteiger partial charge is 0.481 e. The van der Waals surface area contributed by atoms with Gasteiger partial charge in [-0.1, -0.05) is 48.3 Å². The number of carbonyl (C=O) groups excluding carboxylic acids is 1. The smallest absolute Gasteiger partial charge is 0.308 e. The first kappa shape index (κ1) is 18.0. The summed E-state index contributed by atoms with van der Waals surface area (Å²) in [7, 11) is 0. The maximum atomic E-state index is 12.1. The lowest BCUT2D eigenvalue weighted by molar-refractivity contribution is -0.142. The van der Waals surface area contributed by atoms with Crippen LogP contribution in [-0.4, -0.2) is 23.5 Å². The topological polar surface area (TPSA) is 66.4 Å². The van der Waals surface area contributed by atoms with E-state index in [1.54, 1.807) is 18.2 Å². The Morgan fingerprint density at radius 3 is 2.43 bits per heavy atom. The molecule has 0 saturated carbocycles. The Morgan fingerprint density at radius 1 is 1.33 bits per heavy atom. The lowest BCUT2D eigenvalue weighted by Crippen LogP contribution is -2.35. The van der Waals surface area contributed by atoms with Crippen molar-refractivity contribution in [1.82, 2.24) is 5.32 Å². The summed E-state index contributed by atoms with van der Waals surface area (Å²) < 4.78 is 0.699. The molecule has 1 aromatic rings. The normalized spacial score (nSPS) is 12.8. The van der Waals surface area contributed by atoms with Gasteiger partial charge in [0.1, 0.15) is 0 Å². The van der Waals surface area contributed by atoms with Gasteiger partial charge in [-0.2, -0.15) is 0 Å². The van der Waals surface area contributed by atoms with Gasteiger partial charge in [0.2, 0.25) is 0 Å². The number of carbonyl (C=O) groups is 2. The zero-order valence-electron chi connectivity index (χ0n) is 12.2. The maximum Gasteiger partial charge on any atom is 0.308 e. The second kappa shape index (κ2) is 7.27. The molecule has 21 heavy (non-hydrogen) atoms. The number of benzene rings is 1. The highest BCUT2D eigenvalue weighted by Crippen LogP contribution is 2.24. The lowest BCUT2D eigenvalue weighted by atomic mass is 9.84. The number of nitrogens with one attached hydrogen (secondary N) is 1. The van der Waals surface area contributed by atoms with Crippen LogP contribution in [0.1, 0.15) is 37.6 Å². The lowest BCUT2D eigenvalue weighted by Gasteiger charge is -2.23. The van der Waals surface area contributed by atoms with E-state index in [1.165, 1.54) is 0 Å². The van der Waals surface area contributed by atoms with Crippen molar-refractivity contribution < 1.29 is 14.7 Å². The molecule has 4 nitrogen and oxygen atoms in total. The SMILES string of the molecule is CC(C)(C)CC(CNC(=O)c1cc(Cl)cc(Br)c1)C(=O)O. The molecule has 0 aliphatic heterocycles. The predicted octanol–water partition coefficient (Wildman–Crippen LogP) is 3.97. The van der Waals surface area contributed by atoms with E-state index in [0.717, 1.165) is 0 Å². The highest BCUT2D eigenvalue weighted by Gasteiger charge is 2.25. The number of aliphatic carboxylic acids is 1. The summed E-state index contributed by atoms with van der Waals surface area (Å²) in [6.45, 7) is 6.01. The zero-order valence-corrected chi connectivity index (χ0v) is 14.6. The van der Waals surface area contributed by atoms with Crippen molar-refractivity contribution in [3.05, 3.63) is 33.3 Å². The van der Waals surface area contributed by atoms with Crippen molar-refractivity contribution in [2.24, 2.45) is 11.3 Å². The second-order valence-electron chi connectivity index (χ2n) is 6.17. The van der Waals surface area contributed by atoms with Crippen LogP contribution in [0.4, 0.5) is 0 Å². The fourth-order valence-electron chi connectivity index (χ4n) is 1.99. The van der Waals surface area contributed by atoms with E-state index in [9.17, 15) is 14.7 Å². The van der Waals surface area contributed by atoms with Crippen molar-refractivity contribution in [3.8, 4) is 0 Å². The Labute approximate surface area is 138 Å². The average Bonchev–Trinajstić information content (AvgIpc) is 2.31. The molecule has 0 fully saturated rings. The van der Waals surface area contributed by atoms with E-state index in [-0.39, 0.29) is 17.9 Å². The summed E-state index contributed by atoms with van der Waals surface area (Å²) in [6, 6.07) is 4.86. The number of carboxylic acid groups (broad SMARTS) is 1. The van der Waals surface area contributed by atoms with Crippen LogP contribution in [0.2, 0.25) is 5.02 Å². The molecule has 0 aliphatic carbocycles. The van der Waals surface area contributed by atoms with Gasteiger partial charge in [0, 0.05) is 21.6 Å². The summed E-state index contributed by atoms with van der Waals surface area (Å²) in [5.41, 5.74) is 0.279. The predicted molar refractivity (Wildman–Crippen MR) is 86.7 cm³/mol. The summed E-state index contributed by atoms with van der Waals surface area (Å²) in [5.74, 6) is -1.85. The Hall–Kier alpha value is -1.07. The molecule has 1 unspecified atom stereocenters. The van der Waals surface area contributed by atoms with Crippen LogP contribution in [0.3, 0.4) is 0 Å². The van der Waals surface area contributed by atoms with E-state index >= 15 is 0 Å². The summed E-state index contributed by atoms with van der Waals surface area (Å²) in [6.07, 6.45) is 0.488. The molecule has 1 amide bonds. The number of hydrogen-bond donors (Lipinski definition) is 2. The van der Waals surface area contributed by atoms with Gasteiger partial charge in [0.15, 0.2) is 0 Å². The van der Waals surface area contributed by atoms with E-state index < -0.39 is 11.9 Å². The standard InChI is InChI=1S/C15H19BrClNO3/c1-15(2,3)7-10(14(20)21)8-18-13(19)9-4-11(16)6-12(17)5-9/h4-6,10H,7-8H2,1-3H3,(H,18,19)(H,20,21). The molecule has 0 spiro atoms. The van der Waals surface area contributed by atoms with Gasteiger partial charge in [0.25, 0.3) is 5.91 Å². The first-order valence-electron chi connectivity index (χ1n) is 6.55. The van der Waals surface area contributed by atoms with E-state index in [1.807, 2.05) is 20.8 Å².